The van der Waals surface area contributed by atoms with Gasteiger partial charge in [0.2, 0.25) is 5.91 Å². The number of rotatable bonds is 8. The van der Waals surface area contributed by atoms with Gasteiger partial charge in [0, 0.05) is 26.2 Å². The number of primary amides is 1. The number of amides is 1. The van der Waals surface area contributed by atoms with Crippen LogP contribution in [-0.2, 0) is 24.4 Å². The number of nitrogens with zero attached hydrogens (tertiary/aromatic N) is 2. The number of guanidine groups is 1. The van der Waals surface area contributed by atoms with E-state index in [1.807, 2.05) is 0 Å². The van der Waals surface area contributed by atoms with E-state index in [9.17, 15) is 4.79 Å². The molecule has 2 aromatic rings. The van der Waals surface area contributed by atoms with E-state index < -0.39 is 0 Å². The lowest BCUT2D eigenvalue weighted by atomic mass is 9.97. The molecule has 1 amide bonds. The minimum atomic E-state index is -0.179. The van der Waals surface area contributed by atoms with Crippen LogP contribution >= 0.6 is 24.0 Å². The van der Waals surface area contributed by atoms with Crippen molar-refractivity contribution in [2.45, 2.75) is 53.2 Å². The Balaban J connectivity index is 0.00000385. The minimum absolute atomic E-state index is 0. The molecule has 1 fully saturated rings. The molecule has 6 nitrogen and oxygen atoms in total. The zero-order valence-electron chi connectivity index (χ0n) is 20.1. The van der Waals surface area contributed by atoms with Crippen molar-refractivity contribution in [1.82, 2.24) is 15.5 Å². The van der Waals surface area contributed by atoms with E-state index in [1.54, 1.807) is 0 Å². The summed E-state index contributed by atoms with van der Waals surface area (Å²) in [4.78, 5) is 18.7. The van der Waals surface area contributed by atoms with Crippen molar-refractivity contribution in [3.8, 4) is 0 Å². The van der Waals surface area contributed by atoms with Gasteiger partial charge in [0.1, 0.15) is 0 Å². The summed E-state index contributed by atoms with van der Waals surface area (Å²) in [6, 6.07) is 15.1. The molecule has 0 spiro atoms. The van der Waals surface area contributed by atoms with Crippen molar-refractivity contribution in [2.24, 2.45) is 16.6 Å². The third kappa shape index (κ3) is 8.62. The van der Waals surface area contributed by atoms with E-state index in [1.165, 1.54) is 27.8 Å². The van der Waals surface area contributed by atoms with E-state index in [0.717, 1.165) is 51.5 Å². The van der Waals surface area contributed by atoms with Gasteiger partial charge in [-0.05, 0) is 62.4 Å². The van der Waals surface area contributed by atoms with Crippen LogP contribution in [0.25, 0.3) is 0 Å². The lowest BCUT2D eigenvalue weighted by Crippen LogP contribution is -2.40. The largest absolute Gasteiger partial charge is 0.369 e. The van der Waals surface area contributed by atoms with Crippen LogP contribution in [0, 0.1) is 19.8 Å². The molecule has 0 saturated carbocycles. The molecule has 33 heavy (non-hydrogen) atoms. The molecule has 0 aliphatic carbocycles. The zero-order valence-corrected chi connectivity index (χ0v) is 22.4. The maximum absolute atomic E-state index is 11.6. The summed E-state index contributed by atoms with van der Waals surface area (Å²) in [5.74, 6) is 0.614. The van der Waals surface area contributed by atoms with Gasteiger partial charge in [-0.3, -0.25) is 9.69 Å². The first-order chi connectivity index (χ1) is 15.4. The quantitative estimate of drug-likeness (QED) is 0.259. The van der Waals surface area contributed by atoms with E-state index in [4.69, 9.17) is 10.7 Å². The fourth-order valence-electron chi connectivity index (χ4n) is 4.25. The standard InChI is InChI=1S/C26H37N5O.HI/c1-4-28-26(30-16-23-11-10-19(2)13-20(23)3)29-15-21-7-5-8-22(14-21)17-31-12-6-9-24(18-31)25(27)32;/h5,7-8,10-11,13-14,24H,4,6,9,12,15-18H2,1-3H3,(H2,27,32)(H2,28,29,30);1H. The second-order valence-corrected chi connectivity index (χ2v) is 8.78. The van der Waals surface area contributed by atoms with Crippen LogP contribution in [0.2, 0.25) is 0 Å². The molecule has 0 bridgehead atoms. The Labute approximate surface area is 215 Å². The predicted molar refractivity (Wildman–Crippen MR) is 147 cm³/mol. The van der Waals surface area contributed by atoms with Crippen molar-refractivity contribution in [3.05, 3.63) is 70.3 Å². The van der Waals surface area contributed by atoms with Crippen LogP contribution in [0.4, 0.5) is 0 Å². The van der Waals surface area contributed by atoms with Crippen LogP contribution < -0.4 is 16.4 Å². The first-order valence-electron chi connectivity index (χ1n) is 11.6. The number of carbonyl (C=O) groups is 1. The normalized spacial score (nSPS) is 16.7. The second-order valence-electron chi connectivity index (χ2n) is 8.78. The van der Waals surface area contributed by atoms with Gasteiger partial charge in [0.05, 0.1) is 12.5 Å². The van der Waals surface area contributed by atoms with Crippen molar-refractivity contribution in [2.75, 3.05) is 19.6 Å². The SMILES string of the molecule is CCNC(=NCc1cccc(CN2CCCC(C(N)=O)C2)c1)NCc1ccc(C)cc1C.I. The van der Waals surface area contributed by atoms with Crippen molar-refractivity contribution >= 4 is 35.8 Å². The molecular formula is C26H38IN5O. The van der Waals surface area contributed by atoms with E-state index in [0.29, 0.717) is 6.54 Å². The van der Waals surface area contributed by atoms with Gasteiger partial charge >= 0.3 is 0 Å². The van der Waals surface area contributed by atoms with Crippen molar-refractivity contribution in [3.63, 3.8) is 0 Å². The first-order valence-corrected chi connectivity index (χ1v) is 11.6. The molecule has 4 N–H and O–H groups in total. The van der Waals surface area contributed by atoms with Gasteiger partial charge in [0.15, 0.2) is 5.96 Å². The highest BCUT2D eigenvalue weighted by atomic mass is 127. The number of piperidine rings is 1. The number of benzene rings is 2. The summed E-state index contributed by atoms with van der Waals surface area (Å²) in [5, 5.41) is 6.79. The fraction of sp³-hybridized carbons (Fsp3) is 0.462. The van der Waals surface area contributed by atoms with Crippen LogP contribution in [0.3, 0.4) is 0 Å². The summed E-state index contributed by atoms with van der Waals surface area (Å²) in [6.07, 6.45) is 1.93. The summed E-state index contributed by atoms with van der Waals surface area (Å²) < 4.78 is 0. The molecule has 1 unspecified atom stereocenters. The van der Waals surface area contributed by atoms with Gasteiger partial charge in [0.25, 0.3) is 0 Å². The molecule has 7 heteroatoms. The molecule has 180 valence electrons. The highest BCUT2D eigenvalue weighted by molar-refractivity contribution is 14.0. The van der Waals surface area contributed by atoms with Gasteiger partial charge < -0.3 is 16.4 Å². The molecule has 1 heterocycles. The molecular weight excluding hydrogens is 525 g/mol. The van der Waals surface area contributed by atoms with Gasteiger partial charge in [-0.25, -0.2) is 4.99 Å². The predicted octanol–water partition coefficient (Wildman–Crippen LogP) is 3.87. The van der Waals surface area contributed by atoms with Crippen molar-refractivity contribution < 1.29 is 4.79 Å². The Bertz CT molecular complexity index is 946. The van der Waals surface area contributed by atoms with Crippen molar-refractivity contribution in [1.29, 1.82) is 0 Å². The summed E-state index contributed by atoms with van der Waals surface area (Å²) in [7, 11) is 0. The third-order valence-corrected chi connectivity index (χ3v) is 6.01. The van der Waals surface area contributed by atoms with Crippen LogP contribution in [0.15, 0.2) is 47.5 Å². The van der Waals surface area contributed by atoms with E-state index in [2.05, 4.69) is 78.8 Å². The number of hydrogen-bond acceptors (Lipinski definition) is 3. The Morgan fingerprint density at radius 2 is 1.94 bits per heavy atom. The minimum Gasteiger partial charge on any atom is -0.369 e. The number of nitrogens with one attached hydrogen (secondary N) is 2. The van der Waals surface area contributed by atoms with E-state index >= 15 is 0 Å². The molecule has 2 aromatic carbocycles. The maximum atomic E-state index is 11.6. The summed E-state index contributed by atoms with van der Waals surface area (Å²) in [6.45, 7) is 11.1. The zero-order chi connectivity index (χ0) is 22.9. The molecule has 1 saturated heterocycles. The summed E-state index contributed by atoms with van der Waals surface area (Å²) >= 11 is 0. The molecule has 0 aromatic heterocycles. The number of hydrogen-bond donors (Lipinski definition) is 3. The lowest BCUT2D eigenvalue weighted by Gasteiger charge is -2.31. The molecule has 0 radical (unpaired) electrons. The molecule has 3 rings (SSSR count). The molecule has 1 atom stereocenters. The number of aliphatic imine (C=N–C) groups is 1. The highest BCUT2D eigenvalue weighted by Crippen LogP contribution is 2.19. The number of nitrogens with two attached hydrogens (primary N) is 1. The summed E-state index contributed by atoms with van der Waals surface area (Å²) in [5.41, 5.74) is 11.8. The Hall–Kier alpha value is -2.13. The number of carbonyl (C=O) groups excluding carboxylic acids is 1. The van der Waals surface area contributed by atoms with Gasteiger partial charge in [-0.15, -0.1) is 24.0 Å². The smallest absolute Gasteiger partial charge is 0.221 e. The monoisotopic (exact) mass is 563 g/mol. The fourth-order valence-corrected chi connectivity index (χ4v) is 4.25. The molecule has 1 aliphatic heterocycles. The number of aryl methyl sites for hydroxylation is 2. The highest BCUT2D eigenvalue weighted by Gasteiger charge is 2.23. The van der Waals surface area contributed by atoms with Crippen LogP contribution in [-0.4, -0.2) is 36.4 Å². The van der Waals surface area contributed by atoms with Gasteiger partial charge in [-0.1, -0.05) is 48.0 Å². The number of halogens is 1. The Kier molecular flexibility index (Phi) is 11.1. The third-order valence-electron chi connectivity index (χ3n) is 6.01. The average molecular weight is 564 g/mol. The lowest BCUT2D eigenvalue weighted by molar-refractivity contribution is -0.123. The molecule has 1 aliphatic rings. The number of likely N-dealkylation sites (tertiary alicyclic amines) is 1. The topological polar surface area (TPSA) is 82.8 Å². The Morgan fingerprint density at radius 3 is 2.67 bits per heavy atom. The van der Waals surface area contributed by atoms with Gasteiger partial charge in [-0.2, -0.15) is 0 Å². The van der Waals surface area contributed by atoms with Crippen LogP contribution in [0.5, 0.6) is 0 Å². The maximum Gasteiger partial charge on any atom is 0.221 e. The Morgan fingerprint density at radius 1 is 1.15 bits per heavy atom. The first kappa shape index (κ1) is 27.1. The van der Waals surface area contributed by atoms with Crippen LogP contribution in [0.1, 0.15) is 47.6 Å². The second kappa shape index (κ2) is 13.5. The average Bonchev–Trinajstić information content (AvgIpc) is 2.77. The van der Waals surface area contributed by atoms with E-state index in [-0.39, 0.29) is 35.8 Å².